The van der Waals surface area contributed by atoms with Crippen molar-refractivity contribution in [1.29, 1.82) is 0 Å². The van der Waals surface area contributed by atoms with E-state index in [2.05, 4.69) is 41.6 Å². The first kappa shape index (κ1) is 15.2. The van der Waals surface area contributed by atoms with Gasteiger partial charge in [0, 0.05) is 16.9 Å². The van der Waals surface area contributed by atoms with Crippen molar-refractivity contribution in [3.63, 3.8) is 0 Å². The molecule has 5 nitrogen and oxygen atoms in total. The molecule has 0 unspecified atom stereocenters. The molecule has 0 aliphatic heterocycles. The van der Waals surface area contributed by atoms with E-state index < -0.39 is 15.8 Å². The summed E-state index contributed by atoms with van der Waals surface area (Å²) in [4.78, 5) is 3.68. The van der Waals surface area contributed by atoms with Gasteiger partial charge in [-0.15, -0.1) is 0 Å². The number of benzene rings is 1. The van der Waals surface area contributed by atoms with Gasteiger partial charge in [0.15, 0.2) is 0 Å². The molecule has 1 aromatic carbocycles. The second-order valence-electron chi connectivity index (χ2n) is 3.77. The lowest BCUT2D eigenvalue weighted by Crippen LogP contribution is -2.14. The number of hydrogen-bond donors (Lipinski definition) is 2. The topological polar surface area (TPSA) is 85.1 Å². The maximum absolute atomic E-state index is 13.3. The van der Waals surface area contributed by atoms with E-state index in [1.54, 1.807) is 0 Å². The quantitative estimate of drug-likeness (QED) is 0.741. The molecule has 1 aromatic heterocycles. The number of nitrogens with zero attached hydrogens (tertiary/aromatic N) is 1. The summed E-state index contributed by atoms with van der Waals surface area (Å²) in [5.41, 5.74) is 5.47. The summed E-state index contributed by atoms with van der Waals surface area (Å²) in [6.07, 6.45) is 2.89. The van der Waals surface area contributed by atoms with Crippen molar-refractivity contribution in [2.45, 2.75) is 4.90 Å². The van der Waals surface area contributed by atoms with Crippen LogP contribution in [-0.4, -0.2) is 13.4 Å². The minimum atomic E-state index is -3.91. The first-order valence-electron chi connectivity index (χ1n) is 5.18. The maximum atomic E-state index is 13.3. The van der Waals surface area contributed by atoms with Crippen LogP contribution < -0.4 is 10.5 Å². The van der Waals surface area contributed by atoms with E-state index in [0.29, 0.717) is 10.2 Å². The number of anilines is 2. The third-order valence-corrected chi connectivity index (χ3v) is 5.31. The third kappa shape index (κ3) is 3.10. The first-order valence-corrected chi connectivity index (χ1v) is 8.25. The van der Waals surface area contributed by atoms with Crippen LogP contribution in [0.2, 0.25) is 0 Å². The number of nitrogens with one attached hydrogen (secondary N) is 1. The minimum Gasteiger partial charge on any atom is -0.396 e. The number of halogens is 3. The molecule has 106 valence electrons. The van der Waals surface area contributed by atoms with Crippen LogP contribution >= 0.6 is 31.9 Å². The van der Waals surface area contributed by atoms with Crippen LogP contribution in [0.4, 0.5) is 15.8 Å². The van der Waals surface area contributed by atoms with Gasteiger partial charge in [-0.2, -0.15) is 0 Å². The van der Waals surface area contributed by atoms with Gasteiger partial charge in [-0.05, 0) is 50.1 Å². The van der Waals surface area contributed by atoms with Crippen molar-refractivity contribution in [2.24, 2.45) is 0 Å². The Labute approximate surface area is 131 Å². The zero-order valence-corrected chi connectivity index (χ0v) is 13.8. The second kappa shape index (κ2) is 5.66. The normalized spacial score (nSPS) is 11.3. The summed E-state index contributed by atoms with van der Waals surface area (Å²) < 4.78 is 40.7. The maximum Gasteiger partial charge on any atom is 0.263 e. The van der Waals surface area contributed by atoms with Gasteiger partial charge >= 0.3 is 0 Å². The predicted molar refractivity (Wildman–Crippen MR) is 81.3 cm³/mol. The van der Waals surface area contributed by atoms with Crippen LogP contribution in [0.15, 0.2) is 44.4 Å². The van der Waals surface area contributed by atoms with Crippen molar-refractivity contribution in [2.75, 3.05) is 10.5 Å². The van der Waals surface area contributed by atoms with E-state index >= 15 is 0 Å². The molecule has 9 heteroatoms. The van der Waals surface area contributed by atoms with Crippen molar-refractivity contribution >= 4 is 53.3 Å². The Morgan fingerprint density at radius 3 is 2.60 bits per heavy atom. The van der Waals surface area contributed by atoms with E-state index in [1.807, 2.05) is 0 Å². The number of nitrogens with two attached hydrogens (primary N) is 1. The van der Waals surface area contributed by atoms with Gasteiger partial charge in [-0.3, -0.25) is 9.71 Å². The third-order valence-electron chi connectivity index (χ3n) is 2.36. The molecule has 20 heavy (non-hydrogen) atoms. The van der Waals surface area contributed by atoms with Crippen LogP contribution in [-0.2, 0) is 10.0 Å². The van der Waals surface area contributed by atoms with E-state index in [0.717, 1.165) is 12.1 Å². The molecule has 0 radical (unpaired) electrons. The van der Waals surface area contributed by atoms with Gasteiger partial charge < -0.3 is 5.73 Å². The zero-order chi connectivity index (χ0) is 14.9. The summed E-state index contributed by atoms with van der Waals surface area (Å²) in [5.74, 6) is -0.694. The Morgan fingerprint density at radius 2 is 1.95 bits per heavy atom. The lowest BCUT2D eigenvalue weighted by Gasteiger charge is -2.11. The number of nitrogen functional groups attached to an aromatic ring is 1. The van der Waals surface area contributed by atoms with Crippen molar-refractivity contribution in [1.82, 2.24) is 4.98 Å². The lowest BCUT2D eigenvalue weighted by molar-refractivity contribution is 0.599. The molecule has 0 spiro atoms. The Kier molecular flexibility index (Phi) is 4.31. The molecule has 2 aromatic rings. The van der Waals surface area contributed by atoms with Crippen LogP contribution in [0, 0.1) is 5.82 Å². The summed E-state index contributed by atoms with van der Waals surface area (Å²) in [7, 11) is -3.91. The van der Waals surface area contributed by atoms with Gasteiger partial charge in [0.2, 0.25) is 0 Å². The van der Waals surface area contributed by atoms with Gasteiger partial charge in [0.1, 0.15) is 10.7 Å². The summed E-state index contributed by atoms with van der Waals surface area (Å²) >= 11 is 6.19. The monoisotopic (exact) mass is 423 g/mol. The molecule has 0 saturated carbocycles. The average Bonchev–Trinajstić information content (AvgIpc) is 2.36. The Hall–Kier alpha value is -1.19. The highest BCUT2D eigenvalue weighted by molar-refractivity contribution is 9.11. The van der Waals surface area contributed by atoms with Gasteiger partial charge in [0.25, 0.3) is 10.0 Å². The standard InChI is InChI=1S/C11H8Br2FN3O2S/c12-6-3-8(14)9(15)4-11(6)20(18,19)17-10-1-2-16-5-7(10)13/h1-5H,15H2,(H,16,17). The van der Waals surface area contributed by atoms with Crippen LogP contribution in [0.25, 0.3) is 0 Å². The number of hydrogen-bond acceptors (Lipinski definition) is 4. The molecule has 0 amide bonds. The average molecular weight is 425 g/mol. The smallest absolute Gasteiger partial charge is 0.263 e. The predicted octanol–water partition coefficient (Wildman–Crippen LogP) is 3.13. The van der Waals surface area contributed by atoms with Crippen molar-refractivity contribution in [3.05, 3.63) is 45.4 Å². The first-order chi connectivity index (χ1) is 9.31. The van der Waals surface area contributed by atoms with Gasteiger partial charge in [-0.1, -0.05) is 0 Å². The molecule has 0 aliphatic carbocycles. The summed E-state index contributed by atoms with van der Waals surface area (Å²) in [6.45, 7) is 0. The fraction of sp³-hybridized carbons (Fsp3) is 0. The highest BCUT2D eigenvalue weighted by Crippen LogP contribution is 2.30. The molecule has 3 N–H and O–H groups in total. The van der Waals surface area contributed by atoms with Crippen LogP contribution in [0.5, 0.6) is 0 Å². The van der Waals surface area contributed by atoms with E-state index in [9.17, 15) is 12.8 Å². The molecule has 0 atom stereocenters. The minimum absolute atomic E-state index is 0.0851. The Balaban J connectivity index is 2.47. The van der Waals surface area contributed by atoms with Crippen molar-refractivity contribution in [3.8, 4) is 0 Å². The molecule has 0 aliphatic rings. The largest absolute Gasteiger partial charge is 0.396 e. The van der Waals surface area contributed by atoms with E-state index in [4.69, 9.17) is 5.73 Å². The SMILES string of the molecule is Nc1cc(S(=O)(=O)Nc2ccncc2Br)c(Br)cc1F. The van der Waals surface area contributed by atoms with Gasteiger partial charge in [-0.25, -0.2) is 12.8 Å². The van der Waals surface area contributed by atoms with Crippen LogP contribution in [0.3, 0.4) is 0 Å². The van der Waals surface area contributed by atoms with Gasteiger partial charge in [0.05, 0.1) is 15.8 Å². The van der Waals surface area contributed by atoms with Crippen LogP contribution in [0.1, 0.15) is 0 Å². The van der Waals surface area contributed by atoms with Crippen molar-refractivity contribution < 1.29 is 12.8 Å². The van der Waals surface area contributed by atoms with E-state index in [-0.39, 0.29) is 15.1 Å². The number of pyridine rings is 1. The highest BCUT2D eigenvalue weighted by atomic mass is 79.9. The molecular formula is C11H8Br2FN3O2S. The fourth-order valence-electron chi connectivity index (χ4n) is 1.41. The summed E-state index contributed by atoms with van der Waals surface area (Å²) in [6, 6.07) is 3.55. The fourth-order valence-corrected chi connectivity index (χ4v) is 4.02. The molecule has 1 heterocycles. The highest BCUT2D eigenvalue weighted by Gasteiger charge is 2.20. The molecule has 0 fully saturated rings. The Morgan fingerprint density at radius 1 is 1.25 bits per heavy atom. The second-order valence-corrected chi connectivity index (χ2v) is 7.12. The summed E-state index contributed by atoms with van der Waals surface area (Å²) in [5, 5.41) is 0. The molecule has 0 bridgehead atoms. The number of aromatic nitrogens is 1. The molecular weight excluding hydrogens is 417 g/mol. The number of rotatable bonds is 3. The zero-order valence-electron chi connectivity index (χ0n) is 9.77. The molecule has 0 saturated heterocycles. The molecule has 2 rings (SSSR count). The lowest BCUT2D eigenvalue weighted by atomic mass is 10.3. The Bertz CT molecular complexity index is 768. The van der Waals surface area contributed by atoms with E-state index in [1.165, 1.54) is 18.5 Å². The number of sulfonamides is 1.